The van der Waals surface area contributed by atoms with Crippen LogP contribution in [0.3, 0.4) is 0 Å². The first-order chi connectivity index (χ1) is 11.5. The minimum atomic E-state index is -0.667. The summed E-state index contributed by atoms with van der Waals surface area (Å²) in [6, 6.07) is 11.8. The molecule has 0 aliphatic rings. The van der Waals surface area contributed by atoms with Crippen LogP contribution in [0.1, 0.15) is 41.5 Å². The van der Waals surface area contributed by atoms with Gasteiger partial charge in [0, 0.05) is 22.9 Å². The Bertz CT molecular complexity index is 697. The molecule has 1 atom stereocenters. The molecule has 1 aromatic heterocycles. The zero-order valence-electron chi connectivity index (χ0n) is 14.0. The van der Waals surface area contributed by atoms with Gasteiger partial charge in [0.1, 0.15) is 5.82 Å². The highest BCUT2D eigenvalue weighted by Gasteiger charge is 2.18. The molecule has 2 rings (SSSR count). The highest BCUT2D eigenvalue weighted by molar-refractivity contribution is 7.12. The molecule has 1 heterocycles. The number of unbranched alkanes of at least 4 members (excludes halogenated alkanes) is 1. The summed E-state index contributed by atoms with van der Waals surface area (Å²) in [6.07, 6.45) is 3.88. The fraction of sp³-hybridized carbons (Fsp3) is 0.400. The van der Waals surface area contributed by atoms with Crippen LogP contribution in [0.2, 0.25) is 0 Å². The van der Waals surface area contributed by atoms with Gasteiger partial charge in [0.05, 0.1) is 11.5 Å². The Hall–Kier alpha value is -1.67. The molecule has 0 saturated carbocycles. The van der Waals surface area contributed by atoms with Crippen molar-refractivity contribution in [3.8, 4) is 11.8 Å². The van der Waals surface area contributed by atoms with Crippen molar-refractivity contribution in [3.05, 3.63) is 57.5 Å². The molecule has 1 aromatic carbocycles. The van der Waals surface area contributed by atoms with Gasteiger partial charge in [-0.15, -0.1) is 11.3 Å². The van der Waals surface area contributed by atoms with E-state index in [2.05, 4.69) is 24.0 Å². The fourth-order valence-electron chi connectivity index (χ4n) is 2.29. The molecule has 0 spiro atoms. The number of halogens is 1. The van der Waals surface area contributed by atoms with E-state index in [1.54, 1.807) is 6.92 Å². The summed E-state index contributed by atoms with van der Waals surface area (Å²) in [4.78, 5) is 1.42. The van der Waals surface area contributed by atoms with Crippen molar-refractivity contribution in [2.45, 2.75) is 44.6 Å². The summed E-state index contributed by atoms with van der Waals surface area (Å²) in [5.41, 5.74) is 6.54. The molecule has 4 heteroatoms. The van der Waals surface area contributed by atoms with Crippen molar-refractivity contribution < 1.29 is 9.50 Å². The fourth-order valence-corrected chi connectivity index (χ4v) is 3.20. The van der Waals surface area contributed by atoms with Crippen molar-refractivity contribution in [1.29, 1.82) is 0 Å². The largest absolute Gasteiger partial charge is 0.394 e. The maximum Gasteiger partial charge on any atom is 0.138 e. The van der Waals surface area contributed by atoms with Crippen LogP contribution in [0.4, 0.5) is 4.39 Å². The van der Waals surface area contributed by atoms with Crippen LogP contribution in [0.15, 0.2) is 36.4 Å². The quantitative estimate of drug-likeness (QED) is 0.590. The molecule has 3 N–H and O–H groups in total. The second kappa shape index (κ2) is 8.98. The standard InChI is InChI=1S/C20H24FNOS/c1-20(22,15-23)13-12-19-18(21)14-17(24-19)11-7-3-6-10-16-8-4-2-5-9-16/h2,4-5,8-9,14,23H,3,6,10,12-13,15,22H2,1H3. The molecule has 1 unspecified atom stereocenters. The lowest BCUT2D eigenvalue weighted by Gasteiger charge is -2.20. The minimum absolute atomic E-state index is 0.103. The lowest BCUT2D eigenvalue weighted by molar-refractivity contribution is 0.200. The van der Waals surface area contributed by atoms with E-state index in [4.69, 9.17) is 10.8 Å². The molecule has 0 aliphatic heterocycles. The zero-order valence-corrected chi connectivity index (χ0v) is 14.8. The van der Waals surface area contributed by atoms with Gasteiger partial charge in [-0.2, -0.15) is 0 Å². The first-order valence-corrected chi connectivity index (χ1v) is 9.02. The van der Waals surface area contributed by atoms with Crippen LogP contribution < -0.4 is 5.73 Å². The van der Waals surface area contributed by atoms with E-state index in [1.807, 2.05) is 18.2 Å². The van der Waals surface area contributed by atoms with Gasteiger partial charge in [0.25, 0.3) is 0 Å². The van der Waals surface area contributed by atoms with E-state index >= 15 is 0 Å². The number of benzene rings is 1. The van der Waals surface area contributed by atoms with E-state index in [0.29, 0.717) is 17.7 Å². The van der Waals surface area contributed by atoms with Crippen LogP contribution >= 0.6 is 11.3 Å². The predicted molar refractivity (Wildman–Crippen MR) is 98.5 cm³/mol. The van der Waals surface area contributed by atoms with Crippen molar-refractivity contribution >= 4 is 11.3 Å². The number of hydrogen-bond donors (Lipinski definition) is 2. The number of aliphatic hydroxyl groups excluding tert-OH is 1. The molecule has 128 valence electrons. The number of rotatable bonds is 7. The van der Waals surface area contributed by atoms with Gasteiger partial charge in [-0.25, -0.2) is 4.39 Å². The smallest absolute Gasteiger partial charge is 0.138 e. The van der Waals surface area contributed by atoms with E-state index in [1.165, 1.54) is 23.0 Å². The predicted octanol–water partition coefficient (Wildman–Crippen LogP) is 3.90. The Balaban J connectivity index is 1.82. The molecule has 0 fully saturated rings. The summed E-state index contributed by atoms with van der Waals surface area (Å²) in [5.74, 6) is 5.96. The third-order valence-electron chi connectivity index (χ3n) is 3.86. The number of aliphatic hydroxyl groups is 1. The number of hydrogen-bond acceptors (Lipinski definition) is 3. The van der Waals surface area contributed by atoms with Crippen LogP contribution in [0.5, 0.6) is 0 Å². The highest BCUT2D eigenvalue weighted by Crippen LogP contribution is 2.23. The summed E-state index contributed by atoms with van der Waals surface area (Å²) < 4.78 is 13.9. The lowest BCUT2D eigenvalue weighted by Crippen LogP contribution is -2.40. The Morgan fingerprint density at radius 2 is 2.00 bits per heavy atom. The maximum atomic E-state index is 13.9. The summed E-state index contributed by atoms with van der Waals surface area (Å²) >= 11 is 1.38. The first kappa shape index (κ1) is 18.7. The van der Waals surface area contributed by atoms with Crippen LogP contribution in [-0.4, -0.2) is 17.3 Å². The van der Waals surface area contributed by atoms with Gasteiger partial charge in [0.2, 0.25) is 0 Å². The molecule has 0 bridgehead atoms. The monoisotopic (exact) mass is 345 g/mol. The molecule has 2 nitrogen and oxygen atoms in total. The summed E-state index contributed by atoms with van der Waals surface area (Å²) in [5, 5.41) is 9.16. The second-order valence-electron chi connectivity index (χ2n) is 6.33. The number of thiophene rings is 1. The van der Waals surface area contributed by atoms with E-state index < -0.39 is 5.54 Å². The molecule has 0 amide bonds. The number of nitrogens with two attached hydrogens (primary N) is 1. The molecule has 24 heavy (non-hydrogen) atoms. The van der Waals surface area contributed by atoms with E-state index in [-0.39, 0.29) is 12.4 Å². The second-order valence-corrected chi connectivity index (χ2v) is 7.47. The topological polar surface area (TPSA) is 46.2 Å². The minimum Gasteiger partial charge on any atom is -0.394 e. The van der Waals surface area contributed by atoms with Crippen LogP contribution in [0.25, 0.3) is 0 Å². The van der Waals surface area contributed by atoms with Gasteiger partial charge in [-0.1, -0.05) is 42.2 Å². The van der Waals surface area contributed by atoms with Gasteiger partial charge in [0.15, 0.2) is 0 Å². The lowest BCUT2D eigenvalue weighted by atomic mass is 9.98. The third kappa shape index (κ3) is 6.09. The normalized spacial score (nSPS) is 13.2. The van der Waals surface area contributed by atoms with Crippen molar-refractivity contribution in [3.63, 3.8) is 0 Å². The molecule has 0 aliphatic carbocycles. The van der Waals surface area contributed by atoms with E-state index in [9.17, 15) is 4.39 Å². The number of aryl methyl sites for hydroxylation is 2. The van der Waals surface area contributed by atoms with E-state index in [0.717, 1.165) is 24.1 Å². The van der Waals surface area contributed by atoms with Crippen LogP contribution in [-0.2, 0) is 12.8 Å². The summed E-state index contributed by atoms with van der Waals surface area (Å²) in [6.45, 7) is 1.67. The molecular weight excluding hydrogens is 321 g/mol. The average Bonchev–Trinajstić information content (AvgIpc) is 2.94. The van der Waals surface area contributed by atoms with Crippen molar-refractivity contribution in [1.82, 2.24) is 0 Å². The van der Waals surface area contributed by atoms with Gasteiger partial charge >= 0.3 is 0 Å². The van der Waals surface area contributed by atoms with Crippen LogP contribution in [0, 0.1) is 17.7 Å². The molecule has 2 aromatic rings. The summed E-state index contributed by atoms with van der Waals surface area (Å²) in [7, 11) is 0. The Morgan fingerprint density at radius 1 is 1.25 bits per heavy atom. The third-order valence-corrected chi connectivity index (χ3v) is 4.95. The van der Waals surface area contributed by atoms with Gasteiger partial charge in [-0.05, 0) is 38.2 Å². The Labute approximate surface area is 147 Å². The highest BCUT2D eigenvalue weighted by atomic mass is 32.1. The molecule has 0 saturated heterocycles. The first-order valence-electron chi connectivity index (χ1n) is 8.21. The molecule has 0 radical (unpaired) electrons. The molecular formula is C20H24FNOS. The van der Waals surface area contributed by atoms with Crippen molar-refractivity contribution in [2.24, 2.45) is 5.73 Å². The average molecular weight is 345 g/mol. The maximum absolute atomic E-state index is 13.9. The Kier molecular flexibility index (Phi) is 6.99. The Morgan fingerprint density at radius 3 is 2.71 bits per heavy atom. The zero-order chi connectivity index (χ0) is 17.4. The van der Waals surface area contributed by atoms with Gasteiger partial charge in [-0.3, -0.25) is 0 Å². The van der Waals surface area contributed by atoms with Gasteiger partial charge < -0.3 is 10.8 Å². The van der Waals surface area contributed by atoms with Crippen molar-refractivity contribution in [2.75, 3.05) is 6.61 Å². The SMILES string of the molecule is CC(N)(CO)CCc1sc(C#CCCCc2ccccc2)cc1F.